The van der Waals surface area contributed by atoms with Crippen molar-refractivity contribution in [3.63, 3.8) is 0 Å². The summed E-state index contributed by atoms with van der Waals surface area (Å²) in [5, 5.41) is 8.70. The average Bonchev–Trinajstić information content (AvgIpc) is 2.70. The highest BCUT2D eigenvalue weighted by atomic mass is 32.2. The maximum atomic E-state index is 12.6. The topological polar surface area (TPSA) is 113 Å². The molecule has 1 saturated heterocycles. The Morgan fingerprint density at radius 1 is 1.32 bits per heavy atom. The number of nitrogens with zero attached hydrogens (tertiary/aromatic N) is 1. The van der Waals surface area contributed by atoms with Gasteiger partial charge in [0, 0.05) is 17.7 Å². The quantitative estimate of drug-likeness (QED) is 0.548. The highest BCUT2D eigenvalue weighted by Crippen LogP contribution is 2.29. The summed E-state index contributed by atoms with van der Waals surface area (Å²) in [6, 6.07) is 4.48. The Hall–Kier alpha value is -1.78. The molecule has 25 heavy (non-hydrogen) atoms. The number of hydroxylamine groups is 1. The number of benzene rings is 1. The van der Waals surface area contributed by atoms with Crippen LogP contribution >= 0.6 is 13.5 Å². The second-order valence-electron chi connectivity index (χ2n) is 6.16. The number of nitrogens with one attached hydrogen (secondary N) is 1. The van der Waals surface area contributed by atoms with E-state index >= 15 is 0 Å². The molecule has 3 rings (SSSR count). The van der Waals surface area contributed by atoms with E-state index < -0.39 is 21.7 Å². The number of amides is 2. The number of ether oxygens (including phenoxy) is 1. The molecule has 1 aromatic rings. The summed E-state index contributed by atoms with van der Waals surface area (Å²) < 4.78 is 28.3. The highest BCUT2D eigenvalue weighted by molar-refractivity contribution is 7.92. The smallest absolute Gasteiger partial charge is 0.274 e. The SMILES string of the molecule is C[C@H]1COc2cc(C(=O)NO)ccc2CN1C(=O)C1CS(=O)(=O)C1.S. The number of sulfone groups is 1. The first-order valence-electron chi connectivity index (χ1n) is 7.52. The maximum Gasteiger partial charge on any atom is 0.274 e. The molecule has 0 radical (unpaired) electrons. The van der Waals surface area contributed by atoms with Crippen molar-refractivity contribution in [3.8, 4) is 5.75 Å². The molecular formula is C15H20N2O6S2. The van der Waals surface area contributed by atoms with Crippen molar-refractivity contribution in [2.24, 2.45) is 5.92 Å². The largest absolute Gasteiger partial charge is 0.491 e. The maximum absolute atomic E-state index is 12.6. The Kier molecular flexibility index (Phi) is 5.65. The third-order valence-corrected chi connectivity index (χ3v) is 6.15. The zero-order valence-corrected chi connectivity index (χ0v) is 15.4. The summed E-state index contributed by atoms with van der Waals surface area (Å²) in [4.78, 5) is 25.7. The molecule has 2 aliphatic heterocycles. The normalized spacial score (nSPS) is 21.7. The average molecular weight is 388 g/mol. The van der Waals surface area contributed by atoms with Gasteiger partial charge in [-0.05, 0) is 19.1 Å². The van der Waals surface area contributed by atoms with Crippen LogP contribution in [0, 0.1) is 5.92 Å². The molecule has 1 atom stereocenters. The Morgan fingerprint density at radius 3 is 2.60 bits per heavy atom. The molecule has 2 amide bonds. The van der Waals surface area contributed by atoms with Crippen LogP contribution < -0.4 is 10.2 Å². The van der Waals surface area contributed by atoms with E-state index in [2.05, 4.69) is 0 Å². The highest BCUT2D eigenvalue weighted by Gasteiger charge is 2.42. The number of hydrogen-bond donors (Lipinski definition) is 2. The van der Waals surface area contributed by atoms with E-state index in [0.29, 0.717) is 5.75 Å². The number of hydrogen-bond acceptors (Lipinski definition) is 6. The number of carbonyl (C=O) groups is 2. The van der Waals surface area contributed by atoms with E-state index in [1.807, 2.05) is 6.92 Å². The van der Waals surface area contributed by atoms with Crippen LogP contribution in [-0.4, -0.2) is 54.5 Å². The van der Waals surface area contributed by atoms with Crippen LogP contribution in [0.15, 0.2) is 18.2 Å². The molecule has 138 valence electrons. The molecule has 2 aliphatic rings. The molecule has 1 aromatic carbocycles. The van der Waals surface area contributed by atoms with Crippen molar-refractivity contribution in [1.29, 1.82) is 0 Å². The third-order valence-electron chi connectivity index (χ3n) is 4.33. The Morgan fingerprint density at radius 2 is 2.00 bits per heavy atom. The lowest BCUT2D eigenvalue weighted by molar-refractivity contribution is -0.137. The second kappa shape index (κ2) is 7.22. The van der Waals surface area contributed by atoms with E-state index in [0.717, 1.165) is 5.56 Å². The van der Waals surface area contributed by atoms with E-state index in [-0.39, 0.29) is 55.7 Å². The molecule has 2 heterocycles. The second-order valence-corrected chi connectivity index (χ2v) is 8.32. The van der Waals surface area contributed by atoms with Crippen LogP contribution in [0.5, 0.6) is 5.75 Å². The van der Waals surface area contributed by atoms with Gasteiger partial charge in [0.2, 0.25) is 5.91 Å². The van der Waals surface area contributed by atoms with Gasteiger partial charge in [-0.25, -0.2) is 13.9 Å². The molecule has 10 heteroatoms. The zero-order chi connectivity index (χ0) is 17.5. The number of fused-ring (bicyclic) bond motifs is 1. The Bertz CT molecular complexity index is 783. The van der Waals surface area contributed by atoms with Crippen LogP contribution in [0.4, 0.5) is 0 Å². The van der Waals surface area contributed by atoms with Gasteiger partial charge >= 0.3 is 0 Å². The minimum Gasteiger partial charge on any atom is -0.491 e. The summed E-state index contributed by atoms with van der Waals surface area (Å²) in [5.41, 5.74) is 2.53. The fourth-order valence-corrected chi connectivity index (χ4v) is 4.32. The first-order chi connectivity index (χ1) is 11.3. The summed E-state index contributed by atoms with van der Waals surface area (Å²) in [6.45, 7) is 2.35. The van der Waals surface area contributed by atoms with Gasteiger partial charge in [0.15, 0.2) is 9.84 Å². The first-order valence-corrected chi connectivity index (χ1v) is 9.34. The summed E-state index contributed by atoms with van der Waals surface area (Å²) in [7, 11) is -3.07. The van der Waals surface area contributed by atoms with Crippen molar-refractivity contribution in [1.82, 2.24) is 10.4 Å². The van der Waals surface area contributed by atoms with Gasteiger partial charge in [-0.15, -0.1) is 0 Å². The molecular weight excluding hydrogens is 368 g/mol. The third kappa shape index (κ3) is 3.91. The summed E-state index contributed by atoms with van der Waals surface area (Å²) >= 11 is 0. The van der Waals surface area contributed by atoms with Crippen molar-refractivity contribution in [2.45, 2.75) is 19.5 Å². The Labute approximate surface area is 152 Å². The summed E-state index contributed by atoms with van der Waals surface area (Å²) in [5.74, 6) is -1.05. The van der Waals surface area contributed by atoms with Crippen LogP contribution in [0.3, 0.4) is 0 Å². The Balaban J connectivity index is 0.00000225. The van der Waals surface area contributed by atoms with Gasteiger partial charge < -0.3 is 9.64 Å². The van der Waals surface area contributed by atoms with Crippen LogP contribution in [0.25, 0.3) is 0 Å². The van der Waals surface area contributed by atoms with Crippen LogP contribution in [-0.2, 0) is 21.2 Å². The van der Waals surface area contributed by atoms with Gasteiger partial charge in [-0.1, -0.05) is 6.07 Å². The van der Waals surface area contributed by atoms with Crippen LogP contribution in [0.2, 0.25) is 0 Å². The summed E-state index contributed by atoms with van der Waals surface area (Å²) in [6.07, 6.45) is 0. The predicted molar refractivity (Wildman–Crippen MR) is 93.7 cm³/mol. The fraction of sp³-hybridized carbons (Fsp3) is 0.467. The van der Waals surface area contributed by atoms with Gasteiger partial charge in [0.1, 0.15) is 12.4 Å². The minimum absolute atomic E-state index is 0. The molecule has 1 fully saturated rings. The van der Waals surface area contributed by atoms with Crippen LogP contribution in [0.1, 0.15) is 22.8 Å². The molecule has 0 spiro atoms. The molecule has 0 saturated carbocycles. The molecule has 0 aromatic heterocycles. The first kappa shape index (κ1) is 19.5. The van der Waals surface area contributed by atoms with Crippen molar-refractivity contribution < 1.29 is 28.0 Å². The molecule has 2 N–H and O–H groups in total. The van der Waals surface area contributed by atoms with Crippen molar-refractivity contribution in [2.75, 3.05) is 18.1 Å². The molecule has 0 aliphatic carbocycles. The van der Waals surface area contributed by atoms with Gasteiger partial charge in [0.05, 0.1) is 23.5 Å². The van der Waals surface area contributed by atoms with E-state index in [1.54, 1.807) is 16.4 Å². The standard InChI is InChI=1S/C15H18N2O6S.H2S/c1-9-6-23-13-4-10(14(18)16-20)2-3-11(13)5-17(9)15(19)12-7-24(21,22)8-12;/h2-4,9,12,20H,5-8H2,1H3,(H,16,18);1H2/t9-;/m0./s1. The van der Waals surface area contributed by atoms with Gasteiger partial charge in [-0.3, -0.25) is 14.8 Å². The fourth-order valence-electron chi connectivity index (χ4n) is 2.90. The number of carbonyl (C=O) groups excluding carboxylic acids is 2. The van der Waals surface area contributed by atoms with E-state index in [1.165, 1.54) is 12.1 Å². The van der Waals surface area contributed by atoms with Crippen molar-refractivity contribution >= 4 is 35.1 Å². The van der Waals surface area contributed by atoms with Gasteiger partial charge in [-0.2, -0.15) is 13.5 Å². The molecule has 0 unspecified atom stereocenters. The lowest BCUT2D eigenvalue weighted by Crippen LogP contribution is -2.51. The monoisotopic (exact) mass is 388 g/mol. The molecule has 0 bridgehead atoms. The van der Waals surface area contributed by atoms with E-state index in [4.69, 9.17) is 9.94 Å². The number of rotatable bonds is 2. The zero-order valence-electron chi connectivity index (χ0n) is 13.6. The predicted octanol–water partition coefficient (Wildman–Crippen LogP) is 0.0725. The van der Waals surface area contributed by atoms with Gasteiger partial charge in [0.25, 0.3) is 5.91 Å². The van der Waals surface area contributed by atoms with E-state index in [9.17, 15) is 18.0 Å². The lowest BCUT2D eigenvalue weighted by Gasteiger charge is -2.33. The lowest BCUT2D eigenvalue weighted by atomic mass is 10.1. The minimum atomic E-state index is -3.07. The van der Waals surface area contributed by atoms with Crippen molar-refractivity contribution in [3.05, 3.63) is 29.3 Å². The molecule has 8 nitrogen and oxygen atoms in total.